The fourth-order valence-corrected chi connectivity index (χ4v) is 2.58. The summed E-state index contributed by atoms with van der Waals surface area (Å²) in [5.41, 5.74) is 0.927. The molecular weight excluding hydrogens is 257 g/mol. The first-order chi connectivity index (χ1) is 9.63. The monoisotopic (exact) mass is 273 g/mol. The van der Waals surface area contributed by atoms with Crippen LogP contribution in [-0.2, 0) is 9.53 Å². The molecular formula is C16H16FNO2. The van der Waals surface area contributed by atoms with Gasteiger partial charge < -0.3 is 4.74 Å². The lowest BCUT2D eigenvalue weighted by Crippen LogP contribution is -2.16. The van der Waals surface area contributed by atoms with Crippen LogP contribution in [0.25, 0.3) is 0 Å². The summed E-state index contributed by atoms with van der Waals surface area (Å²) in [5, 5.41) is 8.72. The van der Waals surface area contributed by atoms with Gasteiger partial charge in [0, 0.05) is 11.8 Å². The predicted octanol–water partition coefficient (Wildman–Crippen LogP) is 3.17. The van der Waals surface area contributed by atoms with Crippen molar-refractivity contribution in [2.45, 2.75) is 31.6 Å². The number of esters is 1. The van der Waals surface area contributed by atoms with Crippen molar-refractivity contribution in [3.05, 3.63) is 35.6 Å². The van der Waals surface area contributed by atoms with E-state index in [9.17, 15) is 9.18 Å². The van der Waals surface area contributed by atoms with Gasteiger partial charge in [0.25, 0.3) is 0 Å². The van der Waals surface area contributed by atoms with Crippen LogP contribution in [-0.4, -0.2) is 12.6 Å². The SMILES string of the molecule is N#CCC1(COC(=O)C2CC2c2ccc(F)cc2)CC1. The van der Waals surface area contributed by atoms with Gasteiger partial charge in [-0.3, -0.25) is 4.79 Å². The Balaban J connectivity index is 1.51. The molecule has 1 aromatic carbocycles. The maximum atomic E-state index is 12.8. The molecule has 0 radical (unpaired) electrons. The highest BCUT2D eigenvalue weighted by atomic mass is 19.1. The first kappa shape index (κ1) is 13.1. The maximum Gasteiger partial charge on any atom is 0.309 e. The minimum Gasteiger partial charge on any atom is -0.465 e. The van der Waals surface area contributed by atoms with E-state index in [1.807, 2.05) is 0 Å². The molecule has 0 bridgehead atoms. The van der Waals surface area contributed by atoms with Gasteiger partial charge in [-0.2, -0.15) is 5.26 Å². The summed E-state index contributed by atoms with van der Waals surface area (Å²) >= 11 is 0. The minimum absolute atomic E-state index is 0.0648. The summed E-state index contributed by atoms with van der Waals surface area (Å²) in [6.45, 7) is 0.367. The molecule has 0 aliphatic heterocycles. The van der Waals surface area contributed by atoms with Gasteiger partial charge >= 0.3 is 5.97 Å². The van der Waals surface area contributed by atoms with E-state index in [0.717, 1.165) is 24.8 Å². The molecule has 2 atom stereocenters. The smallest absolute Gasteiger partial charge is 0.309 e. The zero-order chi connectivity index (χ0) is 14.2. The molecule has 20 heavy (non-hydrogen) atoms. The second-order valence-corrected chi connectivity index (χ2v) is 5.94. The number of carbonyl (C=O) groups is 1. The molecule has 0 amide bonds. The van der Waals surface area contributed by atoms with Gasteiger partial charge in [-0.15, -0.1) is 0 Å². The fourth-order valence-electron chi connectivity index (χ4n) is 2.58. The highest BCUT2D eigenvalue weighted by molar-refractivity contribution is 5.77. The van der Waals surface area contributed by atoms with Gasteiger partial charge in [0.1, 0.15) is 5.82 Å². The average Bonchev–Trinajstić information content (AvgIpc) is 3.33. The van der Waals surface area contributed by atoms with E-state index in [0.29, 0.717) is 13.0 Å². The number of nitrogens with zero attached hydrogens (tertiary/aromatic N) is 1. The summed E-state index contributed by atoms with van der Waals surface area (Å²) in [6, 6.07) is 8.44. The van der Waals surface area contributed by atoms with Crippen molar-refractivity contribution < 1.29 is 13.9 Å². The van der Waals surface area contributed by atoms with Gasteiger partial charge in [-0.1, -0.05) is 12.1 Å². The first-order valence-electron chi connectivity index (χ1n) is 6.93. The van der Waals surface area contributed by atoms with Crippen LogP contribution in [0.4, 0.5) is 4.39 Å². The van der Waals surface area contributed by atoms with Crippen LogP contribution in [0.5, 0.6) is 0 Å². The Morgan fingerprint density at radius 2 is 2.10 bits per heavy atom. The van der Waals surface area contributed by atoms with Crippen LogP contribution in [0.15, 0.2) is 24.3 Å². The van der Waals surface area contributed by atoms with Gasteiger partial charge in [-0.25, -0.2) is 4.39 Å². The molecule has 0 aromatic heterocycles. The number of hydrogen-bond acceptors (Lipinski definition) is 3. The van der Waals surface area contributed by atoms with Crippen LogP contribution >= 0.6 is 0 Å². The largest absolute Gasteiger partial charge is 0.465 e. The second-order valence-electron chi connectivity index (χ2n) is 5.94. The third-order valence-corrected chi connectivity index (χ3v) is 4.32. The average molecular weight is 273 g/mol. The molecule has 2 fully saturated rings. The topological polar surface area (TPSA) is 50.1 Å². The van der Waals surface area contributed by atoms with E-state index in [4.69, 9.17) is 10.00 Å². The summed E-state index contributed by atoms with van der Waals surface area (Å²) in [4.78, 5) is 12.0. The summed E-state index contributed by atoms with van der Waals surface area (Å²) in [7, 11) is 0. The van der Waals surface area contributed by atoms with Crippen molar-refractivity contribution in [1.29, 1.82) is 5.26 Å². The van der Waals surface area contributed by atoms with Crippen molar-refractivity contribution in [3.8, 4) is 6.07 Å². The summed E-state index contributed by atoms with van der Waals surface area (Å²) in [6.07, 6.45) is 3.18. The lowest BCUT2D eigenvalue weighted by molar-refractivity contribution is -0.147. The molecule has 3 nitrogen and oxygen atoms in total. The molecule has 0 saturated heterocycles. The Labute approximate surface area is 117 Å². The molecule has 0 heterocycles. The van der Waals surface area contributed by atoms with E-state index in [-0.39, 0.29) is 29.0 Å². The molecule has 1 aromatic rings. The first-order valence-corrected chi connectivity index (χ1v) is 6.93. The zero-order valence-corrected chi connectivity index (χ0v) is 11.1. The van der Waals surface area contributed by atoms with Crippen molar-refractivity contribution in [2.75, 3.05) is 6.61 Å². The molecule has 0 N–H and O–H groups in total. The molecule has 2 unspecified atom stereocenters. The number of rotatable bonds is 5. The quantitative estimate of drug-likeness (QED) is 0.774. The molecule has 0 spiro atoms. The third-order valence-electron chi connectivity index (χ3n) is 4.32. The number of carbonyl (C=O) groups excluding carboxylic acids is 1. The third kappa shape index (κ3) is 2.67. The van der Waals surface area contributed by atoms with Crippen LogP contribution in [0, 0.1) is 28.5 Å². The van der Waals surface area contributed by atoms with Crippen molar-refractivity contribution in [2.24, 2.45) is 11.3 Å². The Bertz CT molecular complexity index is 557. The predicted molar refractivity (Wildman–Crippen MR) is 70.1 cm³/mol. The number of hydrogen-bond donors (Lipinski definition) is 0. The molecule has 2 aliphatic rings. The zero-order valence-electron chi connectivity index (χ0n) is 11.1. The van der Waals surface area contributed by atoms with Crippen LogP contribution in [0.1, 0.15) is 37.2 Å². The Morgan fingerprint density at radius 1 is 1.40 bits per heavy atom. The molecule has 2 saturated carbocycles. The van der Waals surface area contributed by atoms with Crippen molar-refractivity contribution in [1.82, 2.24) is 0 Å². The minimum atomic E-state index is -0.263. The Hall–Kier alpha value is -1.89. The summed E-state index contributed by atoms with van der Waals surface area (Å²) in [5.74, 6) is -0.378. The normalized spacial score (nSPS) is 25.6. The van der Waals surface area contributed by atoms with Gasteiger partial charge in [0.2, 0.25) is 0 Å². The van der Waals surface area contributed by atoms with Gasteiger partial charge in [0.05, 0.1) is 18.6 Å². The van der Waals surface area contributed by atoms with Crippen LogP contribution in [0.2, 0.25) is 0 Å². The molecule has 4 heteroatoms. The lowest BCUT2D eigenvalue weighted by atomic mass is 10.1. The second kappa shape index (κ2) is 4.90. The highest BCUT2D eigenvalue weighted by Gasteiger charge is 2.48. The van der Waals surface area contributed by atoms with Crippen LogP contribution in [0.3, 0.4) is 0 Å². The fraction of sp³-hybridized carbons (Fsp3) is 0.500. The Morgan fingerprint density at radius 3 is 2.70 bits per heavy atom. The summed E-state index contributed by atoms with van der Waals surface area (Å²) < 4.78 is 18.2. The van der Waals surface area contributed by atoms with E-state index in [1.165, 1.54) is 12.1 Å². The van der Waals surface area contributed by atoms with Crippen molar-refractivity contribution in [3.63, 3.8) is 0 Å². The molecule has 2 aliphatic carbocycles. The van der Waals surface area contributed by atoms with E-state index < -0.39 is 0 Å². The highest BCUT2D eigenvalue weighted by Crippen LogP contribution is 2.51. The van der Waals surface area contributed by atoms with Crippen molar-refractivity contribution >= 4 is 5.97 Å². The van der Waals surface area contributed by atoms with E-state index in [2.05, 4.69) is 6.07 Å². The number of ether oxygens (including phenoxy) is 1. The van der Waals surface area contributed by atoms with Gasteiger partial charge in [-0.05, 0) is 42.9 Å². The van der Waals surface area contributed by atoms with E-state index >= 15 is 0 Å². The molecule has 3 rings (SSSR count). The Kier molecular flexibility index (Phi) is 3.21. The molecule has 104 valence electrons. The van der Waals surface area contributed by atoms with Crippen LogP contribution < -0.4 is 0 Å². The van der Waals surface area contributed by atoms with E-state index in [1.54, 1.807) is 12.1 Å². The number of halogens is 1. The number of benzene rings is 1. The standard InChI is InChI=1S/C16H16FNO2/c17-12-3-1-11(2-4-12)13-9-14(13)15(19)20-10-16(5-6-16)7-8-18/h1-4,13-14H,5-7,9-10H2. The number of nitriles is 1. The lowest BCUT2D eigenvalue weighted by Gasteiger charge is -2.11. The van der Waals surface area contributed by atoms with Gasteiger partial charge in [0.15, 0.2) is 0 Å². The maximum absolute atomic E-state index is 12.8.